The molecule has 2 rings (SSSR count). The van der Waals surface area contributed by atoms with E-state index in [-0.39, 0.29) is 0 Å². The second-order valence-electron chi connectivity index (χ2n) is 2.83. The first-order valence-electron chi connectivity index (χ1n) is 3.93. The van der Waals surface area contributed by atoms with Crippen LogP contribution in [0, 0.1) is 0 Å². The van der Waals surface area contributed by atoms with Gasteiger partial charge in [-0.15, -0.1) is 0 Å². The van der Waals surface area contributed by atoms with Gasteiger partial charge in [-0.2, -0.15) is 0 Å². The molecule has 0 aromatic heterocycles. The third-order valence-corrected chi connectivity index (χ3v) is 2.10. The average Bonchev–Trinajstić information content (AvgIpc) is 2.05. The zero-order valence-electron chi connectivity index (χ0n) is 6.08. The summed E-state index contributed by atoms with van der Waals surface area (Å²) in [5.74, 6) is 1.30. The molecule has 2 heteroatoms. The lowest BCUT2D eigenvalue weighted by atomic mass is 10.1. The summed E-state index contributed by atoms with van der Waals surface area (Å²) in [6.07, 6.45) is 7.90. The highest BCUT2D eigenvalue weighted by molar-refractivity contribution is 5.84. The largest absolute Gasteiger partial charge is 0.356 e. The molecule has 0 aromatic carbocycles. The van der Waals surface area contributed by atoms with Gasteiger partial charge in [0.05, 0.1) is 0 Å². The van der Waals surface area contributed by atoms with Gasteiger partial charge in [-0.05, 0) is 18.9 Å². The summed E-state index contributed by atoms with van der Waals surface area (Å²) in [4.78, 5) is 6.68. The van der Waals surface area contributed by atoms with Crippen LogP contribution in [-0.2, 0) is 0 Å². The molecule has 0 aliphatic carbocycles. The highest BCUT2D eigenvalue weighted by Gasteiger charge is 2.15. The quantitative estimate of drug-likeness (QED) is 0.491. The van der Waals surface area contributed by atoms with Gasteiger partial charge in [0, 0.05) is 25.7 Å². The van der Waals surface area contributed by atoms with Crippen LogP contribution in [0.3, 0.4) is 0 Å². The molecule has 1 saturated heterocycles. The van der Waals surface area contributed by atoms with E-state index in [2.05, 4.69) is 16.0 Å². The molecule has 1 fully saturated rings. The molecule has 0 bridgehead atoms. The third kappa shape index (κ3) is 0.939. The third-order valence-electron chi connectivity index (χ3n) is 2.10. The first-order valence-corrected chi connectivity index (χ1v) is 3.93. The molecule has 0 N–H and O–H groups in total. The van der Waals surface area contributed by atoms with E-state index in [1.54, 1.807) is 0 Å². The maximum absolute atomic E-state index is 4.31. The van der Waals surface area contributed by atoms with Gasteiger partial charge in [0.2, 0.25) is 0 Å². The van der Waals surface area contributed by atoms with Gasteiger partial charge >= 0.3 is 0 Å². The summed E-state index contributed by atoms with van der Waals surface area (Å²) in [5, 5.41) is 0. The Hall–Kier alpha value is -0.790. The van der Waals surface area contributed by atoms with Crippen LogP contribution in [0.1, 0.15) is 19.3 Å². The average molecular weight is 136 g/mol. The summed E-state index contributed by atoms with van der Waals surface area (Å²) in [6.45, 7) is 2.29. The van der Waals surface area contributed by atoms with Crippen LogP contribution in [0.5, 0.6) is 0 Å². The lowest BCUT2D eigenvalue weighted by Crippen LogP contribution is -2.36. The number of amidine groups is 1. The Balaban J connectivity index is 2.14. The van der Waals surface area contributed by atoms with Gasteiger partial charge in [0.25, 0.3) is 0 Å². The minimum Gasteiger partial charge on any atom is -0.356 e. The second kappa shape index (κ2) is 2.45. The van der Waals surface area contributed by atoms with Crippen LogP contribution in [-0.4, -0.2) is 23.8 Å². The number of fused-ring (bicyclic) bond motifs is 1. The molecule has 54 valence electrons. The predicted octanol–water partition coefficient (Wildman–Crippen LogP) is 1.40. The van der Waals surface area contributed by atoms with Crippen LogP contribution >= 0.6 is 0 Å². The van der Waals surface area contributed by atoms with Gasteiger partial charge in [-0.25, -0.2) is 4.99 Å². The topological polar surface area (TPSA) is 15.6 Å². The van der Waals surface area contributed by atoms with Crippen LogP contribution in [0.15, 0.2) is 17.3 Å². The van der Waals surface area contributed by atoms with Crippen LogP contribution in [0.25, 0.3) is 0 Å². The lowest BCUT2D eigenvalue weighted by molar-refractivity contribution is 0.398. The van der Waals surface area contributed by atoms with Crippen molar-refractivity contribution in [2.45, 2.75) is 19.3 Å². The molecule has 2 nitrogen and oxygen atoms in total. The summed E-state index contributed by atoms with van der Waals surface area (Å²) >= 11 is 0. The van der Waals surface area contributed by atoms with Crippen molar-refractivity contribution in [3.8, 4) is 0 Å². The van der Waals surface area contributed by atoms with Gasteiger partial charge < -0.3 is 4.90 Å². The SMILES string of the molecule is C1=CN=C2CCCCN2C1. The Morgan fingerprint density at radius 2 is 2.40 bits per heavy atom. The fourth-order valence-electron chi connectivity index (χ4n) is 1.53. The molecule has 0 saturated carbocycles. The molecule has 0 amide bonds. The molecule has 0 aromatic rings. The number of aliphatic imine (C=N–C) groups is 1. The number of hydrogen-bond donors (Lipinski definition) is 0. The molecule has 0 spiro atoms. The molecule has 0 radical (unpaired) electrons. The maximum atomic E-state index is 4.31. The van der Waals surface area contributed by atoms with Gasteiger partial charge in [-0.3, -0.25) is 0 Å². The Morgan fingerprint density at radius 3 is 3.30 bits per heavy atom. The van der Waals surface area contributed by atoms with Crippen molar-refractivity contribution in [2.24, 2.45) is 4.99 Å². The Morgan fingerprint density at radius 1 is 1.40 bits per heavy atom. The molecule has 2 heterocycles. The molecule has 10 heavy (non-hydrogen) atoms. The van der Waals surface area contributed by atoms with Crippen molar-refractivity contribution in [3.05, 3.63) is 12.3 Å². The van der Waals surface area contributed by atoms with E-state index in [9.17, 15) is 0 Å². The Labute approximate surface area is 61.2 Å². The van der Waals surface area contributed by atoms with Crippen molar-refractivity contribution < 1.29 is 0 Å². The van der Waals surface area contributed by atoms with Crippen LogP contribution in [0.4, 0.5) is 0 Å². The standard InChI is InChI=1S/C8H12N2/c1-2-6-10-7-3-5-9-8(10)4-1/h3,5H,1-2,4,6-7H2. The fraction of sp³-hybridized carbons (Fsp3) is 0.625. The monoisotopic (exact) mass is 136 g/mol. The van der Waals surface area contributed by atoms with E-state index in [1.165, 1.54) is 31.6 Å². The molecular formula is C8H12N2. The van der Waals surface area contributed by atoms with Gasteiger partial charge in [0.1, 0.15) is 5.84 Å². The first-order chi connectivity index (χ1) is 4.97. The summed E-state index contributed by atoms with van der Waals surface area (Å²) < 4.78 is 0. The van der Waals surface area contributed by atoms with E-state index < -0.39 is 0 Å². The molecular weight excluding hydrogens is 124 g/mol. The summed E-state index contributed by atoms with van der Waals surface area (Å²) in [6, 6.07) is 0. The fourth-order valence-corrected chi connectivity index (χ4v) is 1.53. The molecule has 0 unspecified atom stereocenters. The smallest absolute Gasteiger partial charge is 0.104 e. The number of nitrogens with zero attached hydrogens (tertiary/aromatic N) is 2. The Bertz CT molecular complexity index is 182. The van der Waals surface area contributed by atoms with E-state index >= 15 is 0 Å². The summed E-state index contributed by atoms with van der Waals surface area (Å²) in [7, 11) is 0. The van der Waals surface area contributed by atoms with E-state index in [0.29, 0.717) is 0 Å². The Kier molecular flexibility index (Phi) is 1.46. The maximum Gasteiger partial charge on any atom is 0.104 e. The molecule has 0 atom stereocenters. The van der Waals surface area contributed by atoms with Crippen LogP contribution in [0.2, 0.25) is 0 Å². The van der Waals surface area contributed by atoms with Gasteiger partial charge in [0.15, 0.2) is 0 Å². The van der Waals surface area contributed by atoms with Crippen molar-refractivity contribution >= 4 is 5.84 Å². The summed E-state index contributed by atoms with van der Waals surface area (Å²) in [5.41, 5.74) is 0. The number of rotatable bonds is 0. The highest BCUT2D eigenvalue weighted by Crippen LogP contribution is 2.14. The van der Waals surface area contributed by atoms with Gasteiger partial charge in [-0.1, -0.05) is 0 Å². The van der Waals surface area contributed by atoms with Crippen LogP contribution < -0.4 is 0 Å². The van der Waals surface area contributed by atoms with Crippen molar-refractivity contribution in [1.82, 2.24) is 4.90 Å². The van der Waals surface area contributed by atoms with Crippen molar-refractivity contribution in [1.29, 1.82) is 0 Å². The van der Waals surface area contributed by atoms with Crippen molar-refractivity contribution in [3.63, 3.8) is 0 Å². The number of hydrogen-bond acceptors (Lipinski definition) is 2. The van der Waals surface area contributed by atoms with E-state index in [1.807, 2.05) is 6.20 Å². The number of piperidine rings is 1. The normalized spacial score (nSPS) is 24.0. The predicted molar refractivity (Wildman–Crippen MR) is 42.0 cm³/mol. The first kappa shape index (κ1) is 5.96. The second-order valence-corrected chi connectivity index (χ2v) is 2.83. The van der Waals surface area contributed by atoms with E-state index in [4.69, 9.17) is 0 Å². The molecule has 2 aliphatic heterocycles. The lowest BCUT2D eigenvalue weighted by Gasteiger charge is -2.30. The highest BCUT2D eigenvalue weighted by atomic mass is 15.2. The van der Waals surface area contributed by atoms with E-state index in [0.717, 1.165) is 6.54 Å². The molecule has 2 aliphatic rings. The zero-order chi connectivity index (χ0) is 6.81. The zero-order valence-corrected chi connectivity index (χ0v) is 6.08. The minimum absolute atomic E-state index is 1.08. The van der Waals surface area contributed by atoms with Crippen molar-refractivity contribution in [2.75, 3.05) is 13.1 Å². The minimum atomic E-state index is 1.08.